The molecule has 0 amide bonds. The molecule has 0 unspecified atom stereocenters. The maximum atomic E-state index is 5.69. The molecule has 0 N–H and O–H groups in total. The standard InChI is InChI=1S/C28H36O/c1-3-5-19-29-20-10-6-7-12-24-21-26-13-8-9-14-27(26)28(22-24)25-17-15-23(11-4-2)16-18-25/h8-9,13-18,21-22H,3-7,10-12,19-20H2,1-2H3. The summed E-state index contributed by atoms with van der Waals surface area (Å²) in [5.74, 6) is 0. The van der Waals surface area contributed by atoms with Gasteiger partial charge in [0, 0.05) is 13.2 Å². The summed E-state index contributed by atoms with van der Waals surface area (Å²) in [5.41, 5.74) is 5.57. The Labute approximate surface area is 177 Å². The van der Waals surface area contributed by atoms with E-state index in [0.29, 0.717) is 0 Å². The van der Waals surface area contributed by atoms with E-state index >= 15 is 0 Å². The van der Waals surface area contributed by atoms with Crippen molar-refractivity contribution in [3.63, 3.8) is 0 Å². The molecular formula is C28H36O. The van der Waals surface area contributed by atoms with Crippen LogP contribution >= 0.6 is 0 Å². The van der Waals surface area contributed by atoms with Gasteiger partial charge in [-0.25, -0.2) is 0 Å². The minimum Gasteiger partial charge on any atom is -0.381 e. The minimum atomic E-state index is 0.910. The van der Waals surface area contributed by atoms with Crippen molar-refractivity contribution in [1.82, 2.24) is 0 Å². The molecule has 0 aliphatic rings. The smallest absolute Gasteiger partial charge is 0.0466 e. The molecule has 0 spiro atoms. The van der Waals surface area contributed by atoms with E-state index in [1.54, 1.807) is 0 Å². The molecule has 29 heavy (non-hydrogen) atoms. The number of ether oxygens (including phenoxy) is 1. The largest absolute Gasteiger partial charge is 0.381 e. The molecule has 1 heteroatoms. The Balaban J connectivity index is 1.68. The molecule has 1 nitrogen and oxygen atoms in total. The zero-order valence-corrected chi connectivity index (χ0v) is 18.3. The van der Waals surface area contributed by atoms with Crippen molar-refractivity contribution in [2.45, 2.75) is 65.2 Å². The van der Waals surface area contributed by atoms with Gasteiger partial charge in [-0.2, -0.15) is 0 Å². The average Bonchev–Trinajstić information content (AvgIpc) is 2.76. The van der Waals surface area contributed by atoms with Gasteiger partial charge in [-0.3, -0.25) is 0 Å². The van der Waals surface area contributed by atoms with Gasteiger partial charge in [-0.05, 0) is 65.1 Å². The fraction of sp³-hybridized carbons (Fsp3) is 0.429. The van der Waals surface area contributed by atoms with Crippen LogP contribution in [0.3, 0.4) is 0 Å². The number of rotatable bonds is 12. The molecule has 3 aromatic rings. The number of hydrogen-bond acceptors (Lipinski definition) is 1. The Morgan fingerprint density at radius 2 is 1.45 bits per heavy atom. The Morgan fingerprint density at radius 3 is 2.24 bits per heavy atom. The van der Waals surface area contributed by atoms with Gasteiger partial charge in [0.15, 0.2) is 0 Å². The van der Waals surface area contributed by atoms with Crippen molar-refractivity contribution < 1.29 is 4.74 Å². The van der Waals surface area contributed by atoms with Crippen molar-refractivity contribution in [3.05, 3.63) is 71.8 Å². The number of aryl methyl sites for hydroxylation is 2. The van der Waals surface area contributed by atoms with Gasteiger partial charge < -0.3 is 4.74 Å². The second kappa shape index (κ2) is 11.8. The van der Waals surface area contributed by atoms with Gasteiger partial charge in [0.2, 0.25) is 0 Å². The van der Waals surface area contributed by atoms with Crippen LogP contribution < -0.4 is 0 Å². The van der Waals surface area contributed by atoms with Gasteiger partial charge in [-0.15, -0.1) is 0 Å². The highest BCUT2D eigenvalue weighted by Gasteiger charge is 2.07. The molecule has 3 aromatic carbocycles. The summed E-state index contributed by atoms with van der Waals surface area (Å²) in [7, 11) is 0. The molecule has 0 bridgehead atoms. The first kappa shape index (κ1) is 21.6. The molecule has 0 saturated carbocycles. The van der Waals surface area contributed by atoms with E-state index in [1.165, 1.54) is 71.6 Å². The fourth-order valence-corrected chi connectivity index (χ4v) is 3.95. The minimum absolute atomic E-state index is 0.910. The Kier molecular flexibility index (Phi) is 8.77. The highest BCUT2D eigenvalue weighted by Crippen LogP contribution is 2.31. The van der Waals surface area contributed by atoms with E-state index in [0.717, 1.165) is 26.1 Å². The Bertz CT molecular complexity index is 863. The van der Waals surface area contributed by atoms with Crippen molar-refractivity contribution in [2.24, 2.45) is 0 Å². The molecule has 0 fully saturated rings. The van der Waals surface area contributed by atoms with Crippen LogP contribution in [0.15, 0.2) is 60.7 Å². The third kappa shape index (κ3) is 6.44. The van der Waals surface area contributed by atoms with Gasteiger partial charge in [0.25, 0.3) is 0 Å². The highest BCUT2D eigenvalue weighted by atomic mass is 16.5. The molecule has 0 saturated heterocycles. The summed E-state index contributed by atoms with van der Waals surface area (Å²) >= 11 is 0. The molecule has 0 heterocycles. The van der Waals surface area contributed by atoms with E-state index in [4.69, 9.17) is 4.74 Å². The van der Waals surface area contributed by atoms with E-state index < -0.39 is 0 Å². The average molecular weight is 389 g/mol. The zero-order chi connectivity index (χ0) is 20.3. The molecule has 0 atom stereocenters. The van der Waals surface area contributed by atoms with Crippen molar-refractivity contribution in [1.29, 1.82) is 0 Å². The molecular weight excluding hydrogens is 352 g/mol. The number of fused-ring (bicyclic) bond motifs is 1. The summed E-state index contributed by atoms with van der Waals surface area (Å²) in [6, 6.07) is 22.8. The molecule has 3 rings (SSSR count). The highest BCUT2D eigenvalue weighted by molar-refractivity contribution is 5.97. The Morgan fingerprint density at radius 1 is 0.655 bits per heavy atom. The molecule has 0 radical (unpaired) electrons. The summed E-state index contributed by atoms with van der Waals surface area (Å²) in [4.78, 5) is 0. The van der Waals surface area contributed by atoms with Crippen molar-refractivity contribution in [2.75, 3.05) is 13.2 Å². The first-order valence-corrected chi connectivity index (χ1v) is 11.5. The molecule has 154 valence electrons. The van der Waals surface area contributed by atoms with E-state index in [-0.39, 0.29) is 0 Å². The predicted octanol–water partition coefficient (Wildman–Crippen LogP) is 7.99. The van der Waals surface area contributed by atoms with Crippen LogP contribution in [0.25, 0.3) is 21.9 Å². The lowest BCUT2D eigenvalue weighted by Gasteiger charge is -2.12. The third-order valence-electron chi connectivity index (χ3n) is 5.62. The first-order valence-electron chi connectivity index (χ1n) is 11.5. The maximum absolute atomic E-state index is 5.69. The van der Waals surface area contributed by atoms with Crippen molar-refractivity contribution in [3.8, 4) is 11.1 Å². The van der Waals surface area contributed by atoms with Crippen molar-refractivity contribution >= 4 is 10.8 Å². The quantitative estimate of drug-likeness (QED) is 0.286. The second-order valence-corrected chi connectivity index (χ2v) is 8.09. The van der Waals surface area contributed by atoms with E-state index in [9.17, 15) is 0 Å². The SMILES string of the molecule is CCCCOCCCCCc1cc(-c2ccc(CCC)cc2)c2ccccc2c1. The summed E-state index contributed by atoms with van der Waals surface area (Å²) < 4.78 is 5.69. The first-order chi connectivity index (χ1) is 14.3. The second-order valence-electron chi connectivity index (χ2n) is 8.09. The lowest BCUT2D eigenvalue weighted by molar-refractivity contribution is 0.127. The van der Waals surface area contributed by atoms with Crippen LogP contribution in [0, 0.1) is 0 Å². The van der Waals surface area contributed by atoms with Gasteiger partial charge >= 0.3 is 0 Å². The fourth-order valence-electron chi connectivity index (χ4n) is 3.95. The van der Waals surface area contributed by atoms with Crippen LogP contribution in [0.2, 0.25) is 0 Å². The van der Waals surface area contributed by atoms with Crippen LogP contribution in [0.1, 0.15) is 63.5 Å². The molecule has 0 aromatic heterocycles. The maximum Gasteiger partial charge on any atom is 0.0466 e. The van der Waals surface area contributed by atoms with Crippen LogP contribution in [0.5, 0.6) is 0 Å². The topological polar surface area (TPSA) is 9.23 Å². The predicted molar refractivity (Wildman–Crippen MR) is 127 cm³/mol. The van der Waals surface area contributed by atoms with Gasteiger partial charge in [-0.1, -0.05) is 93.8 Å². The van der Waals surface area contributed by atoms with Gasteiger partial charge in [0.1, 0.15) is 0 Å². The normalized spacial score (nSPS) is 11.2. The monoisotopic (exact) mass is 388 g/mol. The number of benzene rings is 3. The van der Waals surface area contributed by atoms with Crippen LogP contribution in [0.4, 0.5) is 0 Å². The Hall–Kier alpha value is -2.12. The zero-order valence-electron chi connectivity index (χ0n) is 18.3. The number of hydrogen-bond donors (Lipinski definition) is 0. The molecule has 0 aliphatic heterocycles. The molecule has 0 aliphatic carbocycles. The summed E-state index contributed by atoms with van der Waals surface area (Å²) in [5, 5.41) is 2.70. The lowest BCUT2D eigenvalue weighted by Crippen LogP contribution is -1.97. The lowest BCUT2D eigenvalue weighted by atomic mass is 9.93. The van der Waals surface area contributed by atoms with Crippen LogP contribution in [-0.2, 0) is 17.6 Å². The van der Waals surface area contributed by atoms with Gasteiger partial charge in [0.05, 0.1) is 0 Å². The number of unbranched alkanes of at least 4 members (excludes halogenated alkanes) is 3. The summed E-state index contributed by atoms with van der Waals surface area (Å²) in [6.45, 7) is 6.28. The third-order valence-corrected chi connectivity index (χ3v) is 5.62. The summed E-state index contributed by atoms with van der Waals surface area (Å²) in [6.07, 6.45) is 9.52. The van der Waals surface area contributed by atoms with E-state index in [2.05, 4.69) is 74.5 Å². The van der Waals surface area contributed by atoms with Crippen LogP contribution in [-0.4, -0.2) is 13.2 Å². The van der Waals surface area contributed by atoms with E-state index in [1.807, 2.05) is 0 Å².